The summed E-state index contributed by atoms with van der Waals surface area (Å²) in [5, 5.41) is 3.10. The standard InChI is InChI=1S/C14H14ClFN2O/c1-8-6-10(4-5-11(8)16)17-14(19)12-9(2)7-18(3)13(12)15/h4-7H,1-3H3,(H,17,19). The molecule has 1 amide bonds. The molecule has 0 fully saturated rings. The lowest BCUT2D eigenvalue weighted by Gasteiger charge is -2.07. The molecule has 0 atom stereocenters. The first kappa shape index (κ1) is 13.6. The van der Waals surface area contributed by atoms with Gasteiger partial charge in [-0.1, -0.05) is 11.6 Å². The molecule has 19 heavy (non-hydrogen) atoms. The van der Waals surface area contributed by atoms with Crippen molar-refractivity contribution < 1.29 is 9.18 Å². The lowest BCUT2D eigenvalue weighted by Crippen LogP contribution is -2.13. The van der Waals surface area contributed by atoms with Gasteiger partial charge in [0.2, 0.25) is 0 Å². The van der Waals surface area contributed by atoms with Crippen molar-refractivity contribution in [3.05, 3.63) is 52.1 Å². The summed E-state index contributed by atoms with van der Waals surface area (Å²) < 4.78 is 14.8. The van der Waals surface area contributed by atoms with E-state index in [9.17, 15) is 9.18 Å². The van der Waals surface area contributed by atoms with E-state index >= 15 is 0 Å². The number of nitrogens with one attached hydrogen (secondary N) is 1. The van der Waals surface area contributed by atoms with Crippen molar-refractivity contribution >= 4 is 23.2 Å². The van der Waals surface area contributed by atoms with Gasteiger partial charge in [-0.2, -0.15) is 0 Å². The summed E-state index contributed by atoms with van der Waals surface area (Å²) in [5.74, 6) is -0.596. The van der Waals surface area contributed by atoms with Crippen molar-refractivity contribution in [2.75, 3.05) is 5.32 Å². The SMILES string of the molecule is Cc1cc(NC(=O)c2c(C)cn(C)c2Cl)ccc1F. The summed E-state index contributed by atoms with van der Waals surface area (Å²) in [5.41, 5.74) is 2.26. The number of hydrogen-bond donors (Lipinski definition) is 1. The average Bonchev–Trinajstić information content (AvgIpc) is 2.58. The Morgan fingerprint density at radius 2 is 2.00 bits per heavy atom. The molecule has 0 spiro atoms. The van der Waals surface area contributed by atoms with Crippen LogP contribution in [0.25, 0.3) is 0 Å². The molecule has 5 heteroatoms. The number of anilines is 1. The third-order valence-electron chi connectivity index (χ3n) is 2.94. The number of amides is 1. The van der Waals surface area contributed by atoms with Crippen molar-refractivity contribution in [3.63, 3.8) is 0 Å². The van der Waals surface area contributed by atoms with Crippen LogP contribution >= 0.6 is 11.6 Å². The van der Waals surface area contributed by atoms with Crippen LogP contribution in [0.15, 0.2) is 24.4 Å². The fraction of sp³-hybridized carbons (Fsp3) is 0.214. The molecular formula is C14H14ClFN2O. The van der Waals surface area contributed by atoms with Gasteiger partial charge in [-0.05, 0) is 43.2 Å². The van der Waals surface area contributed by atoms with Crippen LogP contribution in [0.5, 0.6) is 0 Å². The molecule has 1 aromatic heterocycles. The van der Waals surface area contributed by atoms with Gasteiger partial charge in [0.05, 0.1) is 5.56 Å². The maximum atomic E-state index is 13.2. The number of carbonyl (C=O) groups excluding carboxylic acids is 1. The first-order chi connectivity index (χ1) is 8.90. The Hall–Kier alpha value is -1.81. The molecule has 2 rings (SSSR count). The molecule has 0 saturated carbocycles. The lowest BCUT2D eigenvalue weighted by atomic mass is 10.2. The highest BCUT2D eigenvalue weighted by Gasteiger charge is 2.17. The van der Waals surface area contributed by atoms with E-state index in [1.165, 1.54) is 12.1 Å². The lowest BCUT2D eigenvalue weighted by molar-refractivity contribution is 0.102. The fourth-order valence-corrected chi connectivity index (χ4v) is 2.22. The van der Waals surface area contributed by atoms with Crippen molar-refractivity contribution in [2.24, 2.45) is 7.05 Å². The van der Waals surface area contributed by atoms with Crippen LogP contribution in [0.3, 0.4) is 0 Å². The quantitative estimate of drug-likeness (QED) is 0.894. The minimum Gasteiger partial charge on any atom is -0.341 e. The molecule has 0 unspecified atom stereocenters. The first-order valence-corrected chi connectivity index (χ1v) is 6.17. The molecule has 2 aromatic rings. The van der Waals surface area contributed by atoms with Gasteiger partial charge in [0, 0.05) is 18.9 Å². The molecule has 0 aliphatic carbocycles. The highest BCUT2D eigenvalue weighted by molar-refractivity contribution is 6.33. The molecule has 0 aliphatic heterocycles. The van der Waals surface area contributed by atoms with E-state index in [0.29, 0.717) is 22.0 Å². The van der Waals surface area contributed by atoms with Crippen molar-refractivity contribution in [2.45, 2.75) is 13.8 Å². The van der Waals surface area contributed by atoms with Crippen LogP contribution < -0.4 is 5.32 Å². The van der Waals surface area contributed by atoms with Crippen LogP contribution in [0.1, 0.15) is 21.5 Å². The smallest absolute Gasteiger partial charge is 0.259 e. The molecule has 0 bridgehead atoms. The zero-order chi connectivity index (χ0) is 14.2. The Morgan fingerprint density at radius 3 is 2.53 bits per heavy atom. The number of carbonyl (C=O) groups is 1. The Labute approximate surface area is 116 Å². The van der Waals surface area contributed by atoms with E-state index in [0.717, 1.165) is 5.56 Å². The van der Waals surface area contributed by atoms with E-state index < -0.39 is 0 Å². The summed E-state index contributed by atoms with van der Waals surface area (Å²) in [6.07, 6.45) is 1.78. The Balaban J connectivity index is 2.28. The zero-order valence-electron chi connectivity index (χ0n) is 10.9. The maximum Gasteiger partial charge on any atom is 0.259 e. The topological polar surface area (TPSA) is 34.0 Å². The van der Waals surface area contributed by atoms with Gasteiger partial charge in [0.25, 0.3) is 5.91 Å². The summed E-state index contributed by atoms with van der Waals surface area (Å²) >= 11 is 6.07. The van der Waals surface area contributed by atoms with Gasteiger partial charge in [-0.25, -0.2) is 4.39 Å². The molecule has 0 radical (unpaired) electrons. The second-order valence-corrected chi connectivity index (χ2v) is 4.86. The number of hydrogen-bond acceptors (Lipinski definition) is 1. The molecule has 100 valence electrons. The largest absolute Gasteiger partial charge is 0.341 e. The van der Waals surface area contributed by atoms with Crippen LogP contribution in [0.2, 0.25) is 5.15 Å². The third kappa shape index (κ3) is 2.63. The predicted octanol–water partition coefficient (Wildman–Crippen LogP) is 3.69. The van der Waals surface area contributed by atoms with E-state index in [-0.39, 0.29) is 11.7 Å². The molecule has 3 nitrogen and oxygen atoms in total. The van der Waals surface area contributed by atoms with Crippen molar-refractivity contribution in [3.8, 4) is 0 Å². The Kier molecular flexibility index (Phi) is 3.62. The fourth-order valence-electron chi connectivity index (χ4n) is 1.94. The van der Waals surface area contributed by atoms with Crippen LogP contribution in [0, 0.1) is 19.7 Å². The second kappa shape index (κ2) is 5.05. The zero-order valence-corrected chi connectivity index (χ0v) is 11.7. The Bertz CT molecular complexity index is 649. The number of aromatic nitrogens is 1. The third-order valence-corrected chi connectivity index (χ3v) is 3.40. The van der Waals surface area contributed by atoms with Gasteiger partial charge in [-0.15, -0.1) is 0 Å². The van der Waals surface area contributed by atoms with Crippen molar-refractivity contribution in [1.82, 2.24) is 4.57 Å². The maximum absolute atomic E-state index is 13.2. The van der Waals surface area contributed by atoms with Crippen LogP contribution in [-0.2, 0) is 7.05 Å². The first-order valence-electron chi connectivity index (χ1n) is 5.79. The number of nitrogens with zero attached hydrogens (tertiary/aromatic N) is 1. The summed E-state index contributed by atoms with van der Waals surface area (Å²) in [6.45, 7) is 3.46. The Morgan fingerprint density at radius 1 is 1.32 bits per heavy atom. The average molecular weight is 281 g/mol. The number of aryl methyl sites for hydroxylation is 3. The van der Waals surface area contributed by atoms with E-state index in [2.05, 4.69) is 5.32 Å². The number of rotatable bonds is 2. The van der Waals surface area contributed by atoms with Crippen LogP contribution in [0.4, 0.5) is 10.1 Å². The monoisotopic (exact) mass is 280 g/mol. The normalized spacial score (nSPS) is 10.6. The highest BCUT2D eigenvalue weighted by atomic mass is 35.5. The van der Waals surface area contributed by atoms with Gasteiger partial charge in [-0.3, -0.25) is 4.79 Å². The highest BCUT2D eigenvalue weighted by Crippen LogP contribution is 2.23. The van der Waals surface area contributed by atoms with Gasteiger partial charge in [0.15, 0.2) is 0 Å². The molecular weight excluding hydrogens is 267 g/mol. The van der Waals surface area contributed by atoms with Gasteiger partial charge < -0.3 is 9.88 Å². The molecule has 0 aliphatic rings. The molecule has 1 aromatic carbocycles. The van der Waals surface area contributed by atoms with Crippen molar-refractivity contribution in [1.29, 1.82) is 0 Å². The predicted molar refractivity (Wildman–Crippen MR) is 74.3 cm³/mol. The van der Waals surface area contributed by atoms with E-state index in [4.69, 9.17) is 11.6 Å². The summed E-state index contributed by atoms with van der Waals surface area (Å²) in [4.78, 5) is 12.2. The molecule has 1 N–H and O–H groups in total. The number of benzene rings is 1. The minimum absolute atomic E-state index is 0.297. The van der Waals surface area contributed by atoms with Gasteiger partial charge in [0.1, 0.15) is 11.0 Å². The van der Waals surface area contributed by atoms with E-state index in [1.54, 1.807) is 30.8 Å². The van der Waals surface area contributed by atoms with Gasteiger partial charge >= 0.3 is 0 Å². The molecule has 0 saturated heterocycles. The summed E-state index contributed by atoms with van der Waals surface area (Å²) in [6, 6.07) is 4.43. The summed E-state index contributed by atoms with van der Waals surface area (Å²) in [7, 11) is 1.77. The minimum atomic E-state index is -0.299. The second-order valence-electron chi connectivity index (χ2n) is 4.51. The molecule has 1 heterocycles. The van der Waals surface area contributed by atoms with Crippen LogP contribution in [-0.4, -0.2) is 10.5 Å². The number of halogens is 2. The van der Waals surface area contributed by atoms with E-state index in [1.807, 2.05) is 6.92 Å².